The number of carbonyl (C=O) groups excluding carboxylic acids is 1. The third kappa shape index (κ3) is 6.04. The van der Waals surface area contributed by atoms with Gasteiger partial charge in [-0.1, -0.05) is 29.8 Å². The van der Waals surface area contributed by atoms with Gasteiger partial charge in [-0.15, -0.1) is 0 Å². The summed E-state index contributed by atoms with van der Waals surface area (Å²) in [6.07, 6.45) is 0. The summed E-state index contributed by atoms with van der Waals surface area (Å²) in [5.74, 6) is 0.626. The van der Waals surface area contributed by atoms with E-state index >= 15 is 0 Å². The summed E-state index contributed by atoms with van der Waals surface area (Å²) < 4.78 is 9.41. The Morgan fingerprint density at radius 1 is 1.09 bits per heavy atom. The number of aryl methyl sites for hydroxylation is 1. The number of hydrogen-bond donors (Lipinski definition) is 0. The first-order valence-corrected chi connectivity index (χ1v) is 6.46. The molecular formula is C16H17NO5. The highest BCUT2D eigenvalue weighted by Crippen LogP contribution is 2.18. The predicted octanol–water partition coefficient (Wildman–Crippen LogP) is 3.27. The van der Waals surface area contributed by atoms with Crippen LogP contribution in [-0.4, -0.2) is 18.5 Å². The van der Waals surface area contributed by atoms with Crippen LogP contribution in [0.5, 0.6) is 5.75 Å². The van der Waals surface area contributed by atoms with Gasteiger partial charge < -0.3 is 9.47 Å². The molecule has 22 heavy (non-hydrogen) atoms. The van der Waals surface area contributed by atoms with E-state index in [-0.39, 0.29) is 5.69 Å². The Labute approximate surface area is 128 Å². The normalized spacial score (nSPS) is 9.18. The van der Waals surface area contributed by atoms with Gasteiger partial charge in [-0.05, 0) is 24.6 Å². The number of rotatable bonds is 5. The van der Waals surface area contributed by atoms with E-state index in [1.165, 1.54) is 24.8 Å². The second-order valence-corrected chi connectivity index (χ2v) is 4.36. The number of methoxy groups -OCH3 is 1. The van der Waals surface area contributed by atoms with Gasteiger partial charge in [0, 0.05) is 12.1 Å². The van der Waals surface area contributed by atoms with Gasteiger partial charge in [0.15, 0.2) is 0 Å². The smallest absolute Gasteiger partial charge is 0.292 e. The molecule has 0 radical (unpaired) electrons. The summed E-state index contributed by atoms with van der Waals surface area (Å²) in [4.78, 5) is 19.0. The van der Waals surface area contributed by atoms with Crippen molar-refractivity contribution < 1.29 is 19.2 Å². The minimum absolute atomic E-state index is 0.0673. The standard InChI is InChI=1S/C14H13NO3.C2H4O2/c1-11-2-4-12(5-3-11)10-18-14-8-6-13(7-9-14)15(16)17;1-4-2-3/h2-9H,10H2,1H3;2H,1H3. The minimum atomic E-state index is -0.427. The van der Waals surface area contributed by atoms with Crippen LogP contribution in [0.15, 0.2) is 48.5 Å². The molecule has 0 saturated carbocycles. The molecule has 0 amide bonds. The Balaban J connectivity index is 0.000000541. The molecule has 0 unspecified atom stereocenters. The monoisotopic (exact) mass is 303 g/mol. The van der Waals surface area contributed by atoms with Crippen molar-refractivity contribution >= 4 is 12.2 Å². The molecule has 0 bridgehead atoms. The second kappa shape index (κ2) is 9.12. The molecule has 0 spiro atoms. The maximum Gasteiger partial charge on any atom is 0.292 e. The predicted molar refractivity (Wildman–Crippen MR) is 81.7 cm³/mol. The molecule has 2 aromatic carbocycles. The van der Waals surface area contributed by atoms with E-state index in [1.807, 2.05) is 31.2 Å². The molecule has 0 aliphatic carbocycles. The molecule has 6 nitrogen and oxygen atoms in total. The fourth-order valence-electron chi connectivity index (χ4n) is 1.52. The summed E-state index contributed by atoms with van der Waals surface area (Å²) in [7, 11) is 1.31. The highest BCUT2D eigenvalue weighted by Gasteiger charge is 2.04. The zero-order valence-corrected chi connectivity index (χ0v) is 12.4. The molecule has 0 aliphatic heterocycles. The van der Waals surface area contributed by atoms with Crippen LogP contribution in [0.25, 0.3) is 0 Å². The van der Waals surface area contributed by atoms with E-state index in [0.717, 1.165) is 5.56 Å². The molecule has 0 heterocycles. The number of nitro groups is 1. The van der Waals surface area contributed by atoms with Gasteiger partial charge in [0.1, 0.15) is 12.4 Å². The Kier molecular flexibility index (Phi) is 7.12. The van der Waals surface area contributed by atoms with Crippen molar-refractivity contribution in [2.24, 2.45) is 0 Å². The Bertz CT molecular complexity index is 593. The lowest BCUT2D eigenvalue weighted by Crippen LogP contribution is -1.95. The number of benzene rings is 2. The molecule has 0 saturated heterocycles. The number of carbonyl (C=O) groups is 1. The van der Waals surface area contributed by atoms with Crippen LogP contribution in [0.3, 0.4) is 0 Å². The van der Waals surface area contributed by atoms with Crippen LogP contribution in [0, 0.1) is 17.0 Å². The number of non-ortho nitro benzene ring substituents is 1. The largest absolute Gasteiger partial charge is 0.489 e. The van der Waals surface area contributed by atoms with E-state index in [9.17, 15) is 10.1 Å². The van der Waals surface area contributed by atoms with Gasteiger partial charge in [-0.2, -0.15) is 0 Å². The summed E-state index contributed by atoms with van der Waals surface area (Å²) in [5.41, 5.74) is 2.34. The van der Waals surface area contributed by atoms with E-state index in [1.54, 1.807) is 12.1 Å². The zero-order valence-electron chi connectivity index (χ0n) is 12.4. The molecular weight excluding hydrogens is 286 g/mol. The van der Waals surface area contributed by atoms with Crippen LogP contribution in [0.2, 0.25) is 0 Å². The average molecular weight is 303 g/mol. The molecule has 2 rings (SSSR count). The van der Waals surface area contributed by atoms with Crippen molar-refractivity contribution in [2.75, 3.05) is 7.11 Å². The van der Waals surface area contributed by atoms with Crippen LogP contribution < -0.4 is 4.74 Å². The van der Waals surface area contributed by atoms with Gasteiger partial charge in [0.2, 0.25) is 0 Å². The topological polar surface area (TPSA) is 78.7 Å². The van der Waals surface area contributed by atoms with E-state index in [4.69, 9.17) is 9.53 Å². The third-order valence-electron chi connectivity index (χ3n) is 2.67. The molecule has 116 valence electrons. The first kappa shape index (κ1) is 17.2. The lowest BCUT2D eigenvalue weighted by Gasteiger charge is -2.06. The van der Waals surface area contributed by atoms with Gasteiger partial charge in [0.05, 0.1) is 12.0 Å². The number of nitro benzene ring substituents is 1. The van der Waals surface area contributed by atoms with Gasteiger partial charge >= 0.3 is 0 Å². The maximum atomic E-state index is 10.5. The first-order valence-electron chi connectivity index (χ1n) is 6.46. The van der Waals surface area contributed by atoms with Crippen molar-refractivity contribution in [3.8, 4) is 5.75 Å². The van der Waals surface area contributed by atoms with E-state index < -0.39 is 4.92 Å². The van der Waals surface area contributed by atoms with Gasteiger partial charge in [-0.25, -0.2) is 0 Å². The molecule has 0 atom stereocenters. The molecule has 0 aliphatic rings. The van der Waals surface area contributed by atoms with Crippen molar-refractivity contribution in [1.82, 2.24) is 0 Å². The Morgan fingerprint density at radius 2 is 1.64 bits per heavy atom. The SMILES string of the molecule is COC=O.Cc1ccc(COc2ccc([N+](=O)[O-])cc2)cc1. The summed E-state index contributed by atoms with van der Waals surface area (Å²) in [6, 6.07) is 14.1. The van der Waals surface area contributed by atoms with Crippen LogP contribution in [0.1, 0.15) is 11.1 Å². The van der Waals surface area contributed by atoms with Gasteiger partial charge in [-0.3, -0.25) is 14.9 Å². The van der Waals surface area contributed by atoms with Crippen molar-refractivity contribution in [3.05, 3.63) is 69.8 Å². The van der Waals surface area contributed by atoms with Gasteiger partial charge in [0.25, 0.3) is 12.2 Å². The highest BCUT2D eigenvalue weighted by atomic mass is 16.6. The van der Waals surface area contributed by atoms with Crippen LogP contribution in [-0.2, 0) is 16.1 Å². The number of nitrogens with zero attached hydrogens (tertiary/aromatic N) is 1. The lowest BCUT2D eigenvalue weighted by atomic mass is 10.2. The number of hydrogen-bond acceptors (Lipinski definition) is 5. The van der Waals surface area contributed by atoms with Crippen molar-refractivity contribution in [1.29, 1.82) is 0 Å². The fraction of sp³-hybridized carbons (Fsp3) is 0.188. The summed E-state index contributed by atoms with van der Waals surface area (Å²) >= 11 is 0. The van der Waals surface area contributed by atoms with Crippen molar-refractivity contribution in [3.63, 3.8) is 0 Å². The molecule has 0 fully saturated rings. The average Bonchev–Trinajstić information content (AvgIpc) is 2.55. The Morgan fingerprint density at radius 3 is 2.09 bits per heavy atom. The van der Waals surface area contributed by atoms with Crippen molar-refractivity contribution in [2.45, 2.75) is 13.5 Å². The molecule has 0 aromatic heterocycles. The first-order chi connectivity index (χ1) is 10.6. The molecule has 6 heteroatoms. The van der Waals surface area contributed by atoms with Crippen LogP contribution in [0.4, 0.5) is 5.69 Å². The summed E-state index contributed by atoms with van der Waals surface area (Å²) in [6.45, 7) is 2.86. The van der Waals surface area contributed by atoms with E-state index in [0.29, 0.717) is 18.8 Å². The minimum Gasteiger partial charge on any atom is -0.489 e. The maximum absolute atomic E-state index is 10.5. The lowest BCUT2D eigenvalue weighted by molar-refractivity contribution is -0.384. The third-order valence-corrected chi connectivity index (χ3v) is 2.67. The summed E-state index contributed by atoms with van der Waals surface area (Å²) in [5, 5.41) is 10.5. The molecule has 0 N–H and O–H groups in total. The fourth-order valence-corrected chi connectivity index (χ4v) is 1.52. The number of ether oxygens (including phenoxy) is 2. The Hall–Kier alpha value is -2.89. The van der Waals surface area contributed by atoms with Crippen LogP contribution >= 0.6 is 0 Å². The second-order valence-electron chi connectivity index (χ2n) is 4.36. The highest BCUT2D eigenvalue weighted by molar-refractivity contribution is 5.36. The zero-order chi connectivity index (χ0) is 16.4. The quantitative estimate of drug-likeness (QED) is 0.481. The van der Waals surface area contributed by atoms with E-state index in [2.05, 4.69) is 4.74 Å². The molecule has 2 aromatic rings.